The largest absolute Gasteiger partial charge is 0.481 e. The number of hydroxylamine groups is 2. The summed E-state index contributed by atoms with van der Waals surface area (Å²) < 4.78 is 0. The summed E-state index contributed by atoms with van der Waals surface area (Å²) in [7, 11) is 0. The molecule has 0 aromatic rings. The molecular weight excluding hydrogens is 306 g/mol. The summed E-state index contributed by atoms with van der Waals surface area (Å²) in [5, 5.41) is 9.91. The van der Waals surface area contributed by atoms with Crippen molar-refractivity contribution in [3.8, 4) is 0 Å². The van der Waals surface area contributed by atoms with E-state index in [1.54, 1.807) is 6.92 Å². The van der Waals surface area contributed by atoms with Gasteiger partial charge in [0.2, 0.25) is 5.91 Å². The smallest absolute Gasteiger partial charge is 0.305 e. The van der Waals surface area contributed by atoms with Crippen molar-refractivity contribution in [3.05, 3.63) is 0 Å². The Morgan fingerprint density at radius 3 is 1.75 bits per heavy atom. The number of unbranched alkanes of at least 4 members (excludes halogenated alkanes) is 10. The lowest BCUT2D eigenvalue weighted by molar-refractivity contribution is -0.186. The van der Waals surface area contributed by atoms with Crippen LogP contribution in [0.4, 0.5) is 0 Å². The number of carbonyl (C=O) groups is 2. The van der Waals surface area contributed by atoms with Gasteiger partial charge in [-0.05, 0) is 13.3 Å². The first kappa shape index (κ1) is 22.9. The fourth-order valence-corrected chi connectivity index (χ4v) is 2.68. The highest BCUT2D eigenvalue weighted by Gasteiger charge is 2.14. The number of aliphatic carboxylic acids is 1. The number of amides is 1. The molecule has 0 spiro atoms. The van der Waals surface area contributed by atoms with Crippen molar-refractivity contribution >= 4 is 11.9 Å². The Morgan fingerprint density at radius 2 is 1.29 bits per heavy atom. The molecule has 0 aliphatic rings. The van der Waals surface area contributed by atoms with Crippen LogP contribution in [-0.2, 0) is 14.4 Å². The fourth-order valence-electron chi connectivity index (χ4n) is 2.68. The van der Waals surface area contributed by atoms with E-state index in [1.165, 1.54) is 62.9 Å². The Bertz CT molecular complexity index is 320. The summed E-state index contributed by atoms with van der Waals surface area (Å²) in [5.74, 6) is -1.02. The first-order chi connectivity index (χ1) is 11.6. The molecule has 1 amide bonds. The Hall–Kier alpha value is -1.10. The Balaban J connectivity index is 3.56. The maximum Gasteiger partial charge on any atom is 0.305 e. The van der Waals surface area contributed by atoms with Gasteiger partial charge in [0.25, 0.3) is 0 Å². The molecular formula is C19H37NO4. The SMILES string of the molecule is CCCCCCCCCCCCCC(=O)N(CCC(=O)O)OCC. The molecule has 0 saturated heterocycles. The highest BCUT2D eigenvalue weighted by atomic mass is 16.7. The summed E-state index contributed by atoms with van der Waals surface area (Å²) in [4.78, 5) is 27.8. The van der Waals surface area contributed by atoms with E-state index in [-0.39, 0.29) is 18.9 Å². The van der Waals surface area contributed by atoms with Crippen LogP contribution in [-0.4, -0.2) is 35.2 Å². The molecule has 5 heteroatoms. The van der Waals surface area contributed by atoms with Crippen molar-refractivity contribution < 1.29 is 19.5 Å². The first-order valence-electron chi connectivity index (χ1n) is 9.76. The second-order valence-electron chi connectivity index (χ2n) is 6.34. The third kappa shape index (κ3) is 14.5. The van der Waals surface area contributed by atoms with Crippen LogP contribution in [0.2, 0.25) is 0 Å². The van der Waals surface area contributed by atoms with E-state index in [0.717, 1.165) is 12.8 Å². The van der Waals surface area contributed by atoms with Crippen molar-refractivity contribution in [1.29, 1.82) is 0 Å². The lowest BCUT2D eigenvalue weighted by Crippen LogP contribution is -2.33. The molecule has 0 heterocycles. The molecule has 0 aromatic heterocycles. The van der Waals surface area contributed by atoms with Crippen LogP contribution in [0.15, 0.2) is 0 Å². The minimum atomic E-state index is -0.915. The standard InChI is InChI=1S/C19H37NO4/c1-3-5-6-7-8-9-10-11-12-13-14-15-18(21)20(24-4-2)17-16-19(22)23/h3-17H2,1-2H3,(H,22,23). The van der Waals surface area contributed by atoms with Crippen LogP contribution in [0.3, 0.4) is 0 Å². The Kier molecular flexibility index (Phi) is 16.0. The first-order valence-corrected chi connectivity index (χ1v) is 9.76. The number of hydrogen-bond acceptors (Lipinski definition) is 3. The van der Waals surface area contributed by atoms with Crippen LogP contribution in [0.1, 0.15) is 97.3 Å². The molecule has 0 saturated carbocycles. The van der Waals surface area contributed by atoms with Crippen molar-refractivity contribution in [1.82, 2.24) is 5.06 Å². The molecule has 0 fully saturated rings. The fraction of sp³-hybridized carbons (Fsp3) is 0.895. The van der Waals surface area contributed by atoms with E-state index in [1.807, 2.05) is 0 Å². The second-order valence-corrected chi connectivity index (χ2v) is 6.34. The average Bonchev–Trinajstić information content (AvgIpc) is 2.56. The topological polar surface area (TPSA) is 66.8 Å². The quantitative estimate of drug-likeness (QED) is 0.300. The van der Waals surface area contributed by atoms with E-state index in [4.69, 9.17) is 9.94 Å². The maximum atomic E-state index is 12.0. The zero-order valence-electron chi connectivity index (χ0n) is 15.7. The van der Waals surface area contributed by atoms with Crippen molar-refractivity contribution in [2.75, 3.05) is 13.2 Å². The van der Waals surface area contributed by atoms with Gasteiger partial charge in [-0.2, -0.15) is 0 Å². The molecule has 0 aliphatic heterocycles. The Labute approximate surface area is 147 Å². The van der Waals surface area contributed by atoms with Gasteiger partial charge in [0.1, 0.15) is 0 Å². The van der Waals surface area contributed by atoms with Gasteiger partial charge in [0.05, 0.1) is 19.6 Å². The summed E-state index contributed by atoms with van der Waals surface area (Å²) in [5.41, 5.74) is 0. The number of hydrogen-bond donors (Lipinski definition) is 1. The minimum absolute atomic E-state index is 0.0794. The van der Waals surface area contributed by atoms with E-state index in [2.05, 4.69) is 6.92 Å². The normalized spacial score (nSPS) is 10.8. The molecule has 0 bridgehead atoms. The number of carbonyl (C=O) groups excluding carboxylic acids is 1. The van der Waals surface area contributed by atoms with Gasteiger partial charge in [-0.25, -0.2) is 5.06 Å². The molecule has 0 radical (unpaired) electrons. The summed E-state index contributed by atoms with van der Waals surface area (Å²) in [6.07, 6.45) is 14.1. The van der Waals surface area contributed by atoms with E-state index in [0.29, 0.717) is 13.0 Å². The number of carboxylic acids is 1. The highest BCUT2D eigenvalue weighted by Crippen LogP contribution is 2.12. The summed E-state index contributed by atoms with van der Waals surface area (Å²) in [6.45, 7) is 4.54. The van der Waals surface area contributed by atoms with E-state index in [9.17, 15) is 9.59 Å². The van der Waals surface area contributed by atoms with Crippen LogP contribution >= 0.6 is 0 Å². The van der Waals surface area contributed by atoms with Crippen molar-refractivity contribution in [3.63, 3.8) is 0 Å². The molecule has 5 nitrogen and oxygen atoms in total. The molecule has 1 N–H and O–H groups in total. The second kappa shape index (κ2) is 16.7. The molecule has 0 unspecified atom stereocenters. The number of rotatable bonds is 17. The maximum absolute atomic E-state index is 12.0. The van der Waals surface area contributed by atoms with Crippen LogP contribution in [0.25, 0.3) is 0 Å². The number of nitrogens with zero attached hydrogens (tertiary/aromatic N) is 1. The van der Waals surface area contributed by atoms with Gasteiger partial charge in [0.15, 0.2) is 0 Å². The van der Waals surface area contributed by atoms with Gasteiger partial charge in [-0.1, -0.05) is 71.1 Å². The molecule has 142 valence electrons. The third-order valence-electron chi connectivity index (χ3n) is 4.09. The summed E-state index contributed by atoms with van der Waals surface area (Å²) in [6, 6.07) is 0. The van der Waals surface area contributed by atoms with Gasteiger partial charge in [-0.15, -0.1) is 0 Å². The van der Waals surface area contributed by atoms with Crippen LogP contribution in [0.5, 0.6) is 0 Å². The predicted octanol–water partition coefficient (Wildman–Crippen LogP) is 4.94. The highest BCUT2D eigenvalue weighted by molar-refractivity contribution is 5.75. The minimum Gasteiger partial charge on any atom is -0.481 e. The van der Waals surface area contributed by atoms with Gasteiger partial charge in [-0.3, -0.25) is 14.4 Å². The van der Waals surface area contributed by atoms with Crippen molar-refractivity contribution in [2.45, 2.75) is 97.3 Å². The van der Waals surface area contributed by atoms with Gasteiger partial charge < -0.3 is 5.11 Å². The molecule has 0 aromatic carbocycles. The molecule has 0 rings (SSSR count). The lowest BCUT2D eigenvalue weighted by atomic mass is 10.1. The predicted molar refractivity (Wildman–Crippen MR) is 96.7 cm³/mol. The number of carboxylic acid groups (broad SMARTS) is 1. The van der Waals surface area contributed by atoms with Crippen molar-refractivity contribution in [2.24, 2.45) is 0 Å². The molecule has 24 heavy (non-hydrogen) atoms. The molecule has 0 atom stereocenters. The monoisotopic (exact) mass is 343 g/mol. The zero-order valence-corrected chi connectivity index (χ0v) is 15.7. The Morgan fingerprint density at radius 1 is 0.792 bits per heavy atom. The van der Waals surface area contributed by atoms with E-state index >= 15 is 0 Å². The summed E-state index contributed by atoms with van der Waals surface area (Å²) >= 11 is 0. The molecule has 0 aliphatic carbocycles. The average molecular weight is 344 g/mol. The van der Waals surface area contributed by atoms with Gasteiger partial charge >= 0.3 is 5.97 Å². The van der Waals surface area contributed by atoms with E-state index < -0.39 is 5.97 Å². The zero-order chi connectivity index (χ0) is 18.0. The van der Waals surface area contributed by atoms with Gasteiger partial charge in [0, 0.05) is 6.42 Å². The van der Waals surface area contributed by atoms with Crippen LogP contribution < -0.4 is 0 Å². The van der Waals surface area contributed by atoms with Crippen LogP contribution in [0, 0.1) is 0 Å². The third-order valence-corrected chi connectivity index (χ3v) is 4.09. The lowest BCUT2D eigenvalue weighted by Gasteiger charge is -2.20.